The maximum atomic E-state index is 13.0. The lowest BCUT2D eigenvalue weighted by atomic mass is 9.95. The van der Waals surface area contributed by atoms with Crippen LogP contribution >= 0.6 is 15.9 Å². The van der Waals surface area contributed by atoms with E-state index < -0.39 is 20.6 Å². The van der Waals surface area contributed by atoms with Crippen molar-refractivity contribution in [2.45, 2.75) is 32.4 Å². The van der Waals surface area contributed by atoms with E-state index in [2.05, 4.69) is 25.8 Å². The molecule has 10 heteroatoms. The zero-order chi connectivity index (χ0) is 25.5. The molecule has 0 saturated carbocycles. The zero-order valence-electron chi connectivity index (χ0n) is 20.1. The van der Waals surface area contributed by atoms with Gasteiger partial charge in [0.2, 0.25) is 9.84 Å². The SMILES string of the molecule is CC(C)(C)OC(=O)N1CCN(C2c3ccccc3C=C(C(=O)S(C)(=O)=O)c3cc(Br)cnc32)CC1. The fraction of sp³-hybridized carbons (Fsp3) is 0.400. The van der Waals surface area contributed by atoms with Gasteiger partial charge < -0.3 is 9.64 Å². The molecule has 1 unspecified atom stereocenters. The second kappa shape index (κ2) is 9.48. The Balaban J connectivity index is 1.75. The van der Waals surface area contributed by atoms with Crippen LogP contribution in [0.15, 0.2) is 41.0 Å². The maximum absolute atomic E-state index is 13.0. The minimum Gasteiger partial charge on any atom is -0.444 e. The van der Waals surface area contributed by atoms with E-state index in [-0.39, 0.29) is 17.7 Å². The molecule has 1 fully saturated rings. The van der Waals surface area contributed by atoms with Crippen molar-refractivity contribution in [3.8, 4) is 0 Å². The van der Waals surface area contributed by atoms with Gasteiger partial charge in [0.05, 0.1) is 11.7 Å². The lowest BCUT2D eigenvalue weighted by molar-refractivity contribution is -0.106. The molecule has 1 aliphatic carbocycles. The maximum Gasteiger partial charge on any atom is 0.410 e. The number of carbonyl (C=O) groups is 2. The number of hydrogen-bond donors (Lipinski definition) is 0. The van der Waals surface area contributed by atoms with Crippen LogP contribution in [-0.2, 0) is 19.4 Å². The van der Waals surface area contributed by atoms with Crippen LogP contribution in [0.25, 0.3) is 11.6 Å². The molecule has 0 radical (unpaired) electrons. The number of sulfone groups is 1. The summed E-state index contributed by atoms with van der Waals surface area (Å²) in [5.74, 6) is 0. The third-order valence-electron chi connectivity index (χ3n) is 5.91. The molecule has 35 heavy (non-hydrogen) atoms. The lowest BCUT2D eigenvalue weighted by Gasteiger charge is -2.40. The van der Waals surface area contributed by atoms with Crippen LogP contribution in [-0.4, -0.2) is 72.4 Å². The Morgan fingerprint density at radius 3 is 2.40 bits per heavy atom. The third kappa shape index (κ3) is 5.49. The van der Waals surface area contributed by atoms with Crippen molar-refractivity contribution in [3.05, 3.63) is 63.4 Å². The van der Waals surface area contributed by atoms with Gasteiger partial charge in [0.25, 0.3) is 5.12 Å². The first-order chi connectivity index (χ1) is 16.3. The van der Waals surface area contributed by atoms with Crippen LogP contribution < -0.4 is 0 Å². The Labute approximate surface area is 214 Å². The number of amides is 1. The van der Waals surface area contributed by atoms with Crippen molar-refractivity contribution in [1.29, 1.82) is 0 Å². The van der Waals surface area contributed by atoms with Crippen LogP contribution in [0.4, 0.5) is 4.79 Å². The molecule has 0 N–H and O–H groups in total. The molecule has 1 atom stereocenters. The molecule has 0 bridgehead atoms. The van der Waals surface area contributed by atoms with Gasteiger partial charge in [-0.3, -0.25) is 14.7 Å². The summed E-state index contributed by atoms with van der Waals surface area (Å²) >= 11 is 3.42. The van der Waals surface area contributed by atoms with E-state index in [0.29, 0.717) is 41.9 Å². The zero-order valence-corrected chi connectivity index (χ0v) is 22.5. The van der Waals surface area contributed by atoms with Gasteiger partial charge in [-0.2, -0.15) is 0 Å². The Hall–Kier alpha value is -2.56. The van der Waals surface area contributed by atoms with Crippen LogP contribution in [0.2, 0.25) is 0 Å². The number of pyridine rings is 1. The minimum absolute atomic E-state index is 0.0960. The van der Waals surface area contributed by atoms with Crippen LogP contribution in [0, 0.1) is 0 Å². The quantitative estimate of drug-likeness (QED) is 0.548. The lowest BCUT2D eigenvalue weighted by Crippen LogP contribution is -2.51. The van der Waals surface area contributed by atoms with Crippen molar-refractivity contribution in [2.24, 2.45) is 0 Å². The molecule has 1 aromatic carbocycles. The summed E-state index contributed by atoms with van der Waals surface area (Å²) in [7, 11) is -3.97. The van der Waals surface area contributed by atoms with Crippen molar-refractivity contribution in [2.75, 3.05) is 32.4 Å². The number of halogens is 1. The molecule has 4 rings (SSSR count). The Bertz CT molecular complexity index is 1310. The van der Waals surface area contributed by atoms with Gasteiger partial charge in [0.15, 0.2) is 0 Å². The summed E-state index contributed by atoms with van der Waals surface area (Å²) in [6.07, 6.45) is 3.87. The third-order valence-corrected chi connectivity index (χ3v) is 7.24. The number of benzene rings is 1. The monoisotopic (exact) mass is 561 g/mol. The molecule has 1 amide bonds. The average molecular weight is 562 g/mol. The smallest absolute Gasteiger partial charge is 0.410 e. The van der Waals surface area contributed by atoms with Gasteiger partial charge in [-0.1, -0.05) is 24.3 Å². The van der Waals surface area contributed by atoms with E-state index in [9.17, 15) is 18.0 Å². The number of fused-ring (bicyclic) bond motifs is 2. The summed E-state index contributed by atoms with van der Waals surface area (Å²) in [5, 5.41) is -0.941. The highest BCUT2D eigenvalue weighted by Crippen LogP contribution is 2.40. The summed E-state index contributed by atoms with van der Waals surface area (Å²) in [6.45, 7) is 7.59. The number of rotatable bonds is 2. The summed E-state index contributed by atoms with van der Waals surface area (Å²) < 4.78 is 30.7. The van der Waals surface area contributed by atoms with Gasteiger partial charge in [0.1, 0.15) is 5.60 Å². The van der Waals surface area contributed by atoms with E-state index in [1.165, 1.54) is 0 Å². The van der Waals surface area contributed by atoms with Gasteiger partial charge in [-0.05, 0) is 60.0 Å². The van der Waals surface area contributed by atoms with Gasteiger partial charge in [0, 0.05) is 54.2 Å². The molecule has 1 aliphatic heterocycles. The molecule has 186 valence electrons. The van der Waals surface area contributed by atoms with Gasteiger partial charge in [-0.25, -0.2) is 13.2 Å². The van der Waals surface area contributed by atoms with Crippen LogP contribution in [0.5, 0.6) is 0 Å². The first kappa shape index (κ1) is 25.5. The minimum atomic E-state index is -3.97. The summed E-state index contributed by atoms with van der Waals surface area (Å²) in [6, 6.07) is 9.03. The molecule has 0 spiro atoms. The van der Waals surface area contributed by atoms with Crippen molar-refractivity contribution < 1.29 is 22.7 Å². The molecule has 2 aromatic rings. The van der Waals surface area contributed by atoms with E-state index in [0.717, 1.165) is 17.4 Å². The normalized spacial score (nSPS) is 18.7. The second-order valence-corrected chi connectivity index (χ2v) is 12.6. The number of ether oxygens (including phenoxy) is 1. The highest BCUT2D eigenvalue weighted by atomic mass is 79.9. The second-order valence-electron chi connectivity index (χ2n) is 9.74. The molecule has 1 aromatic heterocycles. The first-order valence-corrected chi connectivity index (χ1v) is 14.0. The number of piperazine rings is 1. The number of nitrogens with zero attached hydrogens (tertiary/aromatic N) is 3. The van der Waals surface area contributed by atoms with E-state index in [4.69, 9.17) is 4.74 Å². The predicted molar refractivity (Wildman–Crippen MR) is 137 cm³/mol. The molecular formula is C25H28BrN3O5S. The van der Waals surface area contributed by atoms with Gasteiger partial charge in [-0.15, -0.1) is 0 Å². The van der Waals surface area contributed by atoms with E-state index >= 15 is 0 Å². The molecule has 2 heterocycles. The number of hydrogen-bond acceptors (Lipinski definition) is 7. The number of aromatic nitrogens is 1. The number of carbonyl (C=O) groups excluding carboxylic acids is 2. The Kier molecular flexibility index (Phi) is 6.91. The fourth-order valence-electron chi connectivity index (χ4n) is 4.38. The van der Waals surface area contributed by atoms with Crippen LogP contribution in [0.3, 0.4) is 0 Å². The average Bonchev–Trinajstić information content (AvgIpc) is 2.91. The molecular weight excluding hydrogens is 534 g/mol. The largest absolute Gasteiger partial charge is 0.444 e. The topological polar surface area (TPSA) is 96.9 Å². The van der Waals surface area contributed by atoms with Crippen molar-refractivity contribution in [1.82, 2.24) is 14.8 Å². The summed E-state index contributed by atoms with van der Waals surface area (Å²) in [5.41, 5.74) is 2.29. The molecule has 2 aliphatic rings. The van der Waals surface area contributed by atoms with Crippen molar-refractivity contribution >= 4 is 48.6 Å². The highest BCUT2D eigenvalue weighted by Gasteiger charge is 2.36. The van der Waals surface area contributed by atoms with E-state index in [1.54, 1.807) is 23.2 Å². The first-order valence-electron chi connectivity index (χ1n) is 11.3. The highest BCUT2D eigenvalue weighted by molar-refractivity contribution is 9.10. The molecule has 1 saturated heterocycles. The molecule has 8 nitrogen and oxygen atoms in total. The Morgan fingerprint density at radius 2 is 1.77 bits per heavy atom. The predicted octanol–water partition coefficient (Wildman–Crippen LogP) is 3.91. The van der Waals surface area contributed by atoms with Crippen LogP contribution in [0.1, 0.15) is 49.2 Å². The van der Waals surface area contributed by atoms with E-state index in [1.807, 2.05) is 45.0 Å². The van der Waals surface area contributed by atoms with Gasteiger partial charge >= 0.3 is 6.09 Å². The standard InChI is InChI=1S/C25H28BrN3O5S/c1-25(2,3)34-24(31)29-11-9-28(10-12-29)22-18-8-6-5-7-16(18)13-20(23(30)35(4,32)33)19-14-17(26)15-27-21(19)22/h5-8,13-15,22H,9-12H2,1-4H3. The Morgan fingerprint density at radius 1 is 1.11 bits per heavy atom. The van der Waals surface area contributed by atoms with Crippen molar-refractivity contribution in [3.63, 3.8) is 0 Å². The summed E-state index contributed by atoms with van der Waals surface area (Å²) in [4.78, 5) is 34.1. The fourth-order valence-corrected chi connectivity index (χ4v) is 5.28.